The van der Waals surface area contributed by atoms with Crippen LogP contribution < -0.4 is 10.6 Å². The summed E-state index contributed by atoms with van der Waals surface area (Å²) in [5.74, 6) is 0.306. The summed E-state index contributed by atoms with van der Waals surface area (Å²) in [4.78, 5) is 21.9. The van der Waals surface area contributed by atoms with E-state index in [1.54, 1.807) is 6.20 Å². The molecule has 1 aliphatic rings. The van der Waals surface area contributed by atoms with Crippen LogP contribution in [0.25, 0.3) is 0 Å². The summed E-state index contributed by atoms with van der Waals surface area (Å²) in [5.41, 5.74) is 8.32. The monoisotopic (exact) mass is 506 g/mol. The molecule has 37 heavy (non-hydrogen) atoms. The molecule has 1 heterocycles. The van der Waals surface area contributed by atoms with E-state index in [0.29, 0.717) is 11.5 Å². The molecule has 2 aromatic rings. The zero-order chi connectivity index (χ0) is 27.5. The Bertz CT molecular complexity index is 1160. The van der Waals surface area contributed by atoms with E-state index in [-0.39, 0.29) is 20.8 Å². The van der Waals surface area contributed by atoms with Crippen LogP contribution >= 0.6 is 0 Å². The third-order valence-corrected chi connectivity index (χ3v) is 6.71. The summed E-state index contributed by atoms with van der Waals surface area (Å²) in [5, 5.41) is 6.66. The number of aromatic nitrogens is 1. The highest BCUT2D eigenvalue weighted by molar-refractivity contribution is 6.04. The van der Waals surface area contributed by atoms with Gasteiger partial charge in [0, 0.05) is 50.3 Å². The molecule has 0 fully saturated rings. The Labute approximate surface area is 227 Å². The van der Waals surface area contributed by atoms with Crippen molar-refractivity contribution >= 4 is 17.8 Å². The van der Waals surface area contributed by atoms with E-state index in [1.165, 1.54) is 16.8 Å². The van der Waals surface area contributed by atoms with Crippen molar-refractivity contribution in [3.05, 3.63) is 81.8 Å². The standard InChI is InChI=1S/C30H40N4O.C2H6.2H2/c1-8-9-25-11-13-29(21(4)14-25)32-17-22(5)33-24(7)28-16-27(12-10-19(28)2)34-30(35)26-15-20(3)23(6)31-18-26;1-2;;/h9-10,12-13,15-18,21-22,24,33H,8,11,14H2,1-7H3,(H,34,35);1-2H3;2*1H/t21?,22?,24-;;;/m0.../s1. The number of rotatable bonds is 8. The molecule has 2 unspecified atom stereocenters. The SMILES string of the molecule is CC.CCC=C1CC=C(N=CC(C)N[C@@H](C)c2cc(NC(=O)c3cnc(C)c(C)c3)ccc2C)C(C)C1.[HH].[HH]. The molecule has 204 valence electrons. The van der Waals surface area contributed by atoms with Crippen molar-refractivity contribution in [3.63, 3.8) is 0 Å². The Kier molecular flexibility index (Phi) is 11.9. The molecular formula is C32H50N4O. The van der Waals surface area contributed by atoms with E-state index >= 15 is 0 Å². The van der Waals surface area contributed by atoms with E-state index in [2.05, 4.69) is 74.5 Å². The van der Waals surface area contributed by atoms with E-state index in [1.807, 2.05) is 46.0 Å². The van der Waals surface area contributed by atoms with Crippen molar-refractivity contribution < 1.29 is 7.65 Å². The Hall–Kier alpha value is -3.05. The maximum atomic E-state index is 12.7. The molecule has 0 spiro atoms. The predicted molar refractivity (Wildman–Crippen MR) is 163 cm³/mol. The number of carbonyl (C=O) groups excluding carboxylic acids is 1. The fourth-order valence-electron chi connectivity index (χ4n) is 4.53. The number of benzene rings is 1. The second-order valence-corrected chi connectivity index (χ2v) is 9.82. The van der Waals surface area contributed by atoms with Gasteiger partial charge in [-0.2, -0.15) is 0 Å². The third kappa shape index (κ3) is 8.78. The fraction of sp³-hybridized carbons (Fsp3) is 0.469. The molecule has 0 saturated heterocycles. The van der Waals surface area contributed by atoms with Crippen molar-refractivity contribution in [2.45, 2.75) is 93.7 Å². The molecule has 1 aromatic carbocycles. The minimum atomic E-state index is -0.150. The summed E-state index contributed by atoms with van der Waals surface area (Å²) in [7, 11) is 0. The van der Waals surface area contributed by atoms with Crippen molar-refractivity contribution in [2.75, 3.05) is 5.32 Å². The van der Waals surface area contributed by atoms with Crippen LogP contribution in [0.2, 0.25) is 0 Å². The molecule has 1 aliphatic carbocycles. The molecule has 0 radical (unpaired) electrons. The number of amides is 1. The number of aliphatic imine (C=N–C) groups is 1. The lowest BCUT2D eigenvalue weighted by Gasteiger charge is -2.22. The normalized spacial score (nSPS) is 18.1. The molecule has 1 aromatic heterocycles. The first-order chi connectivity index (χ1) is 17.7. The number of hydrogen-bond donors (Lipinski definition) is 2. The third-order valence-electron chi connectivity index (χ3n) is 6.71. The van der Waals surface area contributed by atoms with Gasteiger partial charge in [0.1, 0.15) is 0 Å². The number of allylic oxidation sites excluding steroid dienone is 4. The van der Waals surface area contributed by atoms with Gasteiger partial charge in [0.25, 0.3) is 5.91 Å². The smallest absolute Gasteiger partial charge is 0.257 e. The molecule has 3 rings (SSSR count). The van der Waals surface area contributed by atoms with Gasteiger partial charge in [0.2, 0.25) is 0 Å². The number of aryl methyl sites for hydroxylation is 3. The second kappa shape index (κ2) is 14.6. The molecule has 1 amide bonds. The predicted octanol–water partition coefficient (Wildman–Crippen LogP) is 8.54. The van der Waals surface area contributed by atoms with Gasteiger partial charge in [-0.15, -0.1) is 0 Å². The number of anilines is 1. The van der Waals surface area contributed by atoms with Crippen molar-refractivity contribution in [2.24, 2.45) is 10.9 Å². The first-order valence-corrected chi connectivity index (χ1v) is 13.7. The van der Waals surface area contributed by atoms with E-state index in [4.69, 9.17) is 4.99 Å². The van der Waals surface area contributed by atoms with Crippen LogP contribution in [0.4, 0.5) is 5.69 Å². The summed E-state index contributed by atoms with van der Waals surface area (Å²) in [6, 6.07) is 8.15. The quantitative estimate of drug-likeness (QED) is 0.278. The van der Waals surface area contributed by atoms with Crippen LogP contribution in [0.5, 0.6) is 0 Å². The zero-order valence-electron chi connectivity index (χ0n) is 24.3. The maximum absolute atomic E-state index is 12.7. The number of nitrogens with zero attached hydrogens (tertiary/aromatic N) is 2. The second-order valence-electron chi connectivity index (χ2n) is 9.82. The van der Waals surface area contributed by atoms with Crippen LogP contribution in [-0.2, 0) is 0 Å². The van der Waals surface area contributed by atoms with Gasteiger partial charge in [-0.25, -0.2) is 0 Å². The van der Waals surface area contributed by atoms with Crippen molar-refractivity contribution in [3.8, 4) is 0 Å². The minimum absolute atomic E-state index is 0. The van der Waals surface area contributed by atoms with Gasteiger partial charge >= 0.3 is 0 Å². The summed E-state index contributed by atoms with van der Waals surface area (Å²) in [6.07, 6.45) is 11.5. The van der Waals surface area contributed by atoms with Crippen LogP contribution in [0, 0.1) is 26.7 Å². The Balaban J connectivity index is 0.00000353. The lowest BCUT2D eigenvalue weighted by molar-refractivity contribution is 0.102. The highest BCUT2D eigenvalue weighted by Gasteiger charge is 2.17. The topological polar surface area (TPSA) is 66.4 Å². The Morgan fingerprint density at radius 1 is 1.19 bits per heavy atom. The number of hydrogen-bond acceptors (Lipinski definition) is 4. The lowest BCUT2D eigenvalue weighted by Crippen LogP contribution is -2.30. The largest absolute Gasteiger partial charge is 0.322 e. The molecular weight excluding hydrogens is 456 g/mol. The van der Waals surface area contributed by atoms with Crippen molar-refractivity contribution in [1.82, 2.24) is 10.3 Å². The van der Waals surface area contributed by atoms with Gasteiger partial charge in [0.05, 0.1) is 5.56 Å². The highest BCUT2D eigenvalue weighted by atomic mass is 16.1. The Morgan fingerprint density at radius 2 is 1.92 bits per heavy atom. The molecule has 0 aliphatic heterocycles. The maximum Gasteiger partial charge on any atom is 0.257 e. The minimum Gasteiger partial charge on any atom is -0.322 e. The van der Waals surface area contributed by atoms with E-state index < -0.39 is 0 Å². The van der Waals surface area contributed by atoms with Crippen LogP contribution in [0.3, 0.4) is 0 Å². The van der Waals surface area contributed by atoms with Crippen LogP contribution in [0.15, 0.2) is 58.9 Å². The first-order valence-electron chi connectivity index (χ1n) is 13.7. The number of pyridine rings is 1. The summed E-state index contributed by atoms with van der Waals surface area (Å²) in [6.45, 7) is 18.7. The molecule has 0 bridgehead atoms. The molecule has 0 saturated carbocycles. The first kappa shape index (κ1) is 30.2. The Morgan fingerprint density at radius 3 is 2.57 bits per heavy atom. The van der Waals surface area contributed by atoms with E-state index in [0.717, 1.165) is 41.8 Å². The fourth-order valence-corrected chi connectivity index (χ4v) is 4.53. The van der Waals surface area contributed by atoms with Gasteiger partial charge in [-0.1, -0.05) is 51.5 Å². The van der Waals surface area contributed by atoms with Gasteiger partial charge in [-0.05, 0) is 88.8 Å². The van der Waals surface area contributed by atoms with Crippen LogP contribution in [-0.4, -0.2) is 23.1 Å². The summed E-state index contributed by atoms with van der Waals surface area (Å²) < 4.78 is 0. The molecule has 2 N–H and O–H groups in total. The summed E-state index contributed by atoms with van der Waals surface area (Å²) >= 11 is 0. The number of carbonyl (C=O) groups is 1. The lowest BCUT2D eigenvalue weighted by atomic mass is 9.89. The van der Waals surface area contributed by atoms with Crippen LogP contribution in [0.1, 0.15) is 102 Å². The zero-order valence-corrected chi connectivity index (χ0v) is 24.3. The molecule has 3 atom stereocenters. The molecule has 5 heteroatoms. The average molecular weight is 507 g/mol. The van der Waals surface area contributed by atoms with Gasteiger partial charge in [-0.3, -0.25) is 14.8 Å². The van der Waals surface area contributed by atoms with E-state index in [9.17, 15) is 4.79 Å². The van der Waals surface area contributed by atoms with Gasteiger partial charge < -0.3 is 10.6 Å². The molecule has 5 nitrogen and oxygen atoms in total. The van der Waals surface area contributed by atoms with Gasteiger partial charge in [0.15, 0.2) is 0 Å². The van der Waals surface area contributed by atoms with Crippen molar-refractivity contribution in [1.29, 1.82) is 0 Å². The number of nitrogens with one attached hydrogen (secondary N) is 2. The highest BCUT2D eigenvalue weighted by Crippen LogP contribution is 2.29. The average Bonchev–Trinajstić information content (AvgIpc) is 2.87.